The number of carbonyl (C=O) groups is 1. The number of aromatic nitrogens is 3. The zero-order valence-corrected chi connectivity index (χ0v) is 13.7. The maximum absolute atomic E-state index is 13.1. The molecule has 1 aliphatic heterocycles. The minimum absolute atomic E-state index is 0.0180. The van der Waals surface area contributed by atoms with Gasteiger partial charge in [-0.15, -0.1) is 0 Å². The standard InChI is InChI=1S/C18H22N4O2/c23-18(17-15-7-3-8-16(15)20-21-17)22(12-14-6-4-10-24-14)11-13-5-1-2-9-19-13/h1-2,5,9,14H,3-4,6-8,10-12H2,(H,20,21)/t14-/m1/s1. The van der Waals surface area contributed by atoms with Gasteiger partial charge in [-0.3, -0.25) is 14.9 Å². The van der Waals surface area contributed by atoms with Crippen molar-refractivity contribution in [1.29, 1.82) is 0 Å². The van der Waals surface area contributed by atoms with Crippen molar-refractivity contribution >= 4 is 5.91 Å². The first-order valence-electron chi connectivity index (χ1n) is 8.68. The van der Waals surface area contributed by atoms with Crippen LogP contribution in [-0.2, 0) is 24.1 Å². The molecule has 2 aromatic heterocycles. The fourth-order valence-electron chi connectivity index (χ4n) is 3.59. The van der Waals surface area contributed by atoms with E-state index in [0.717, 1.165) is 55.7 Å². The second-order valence-corrected chi connectivity index (χ2v) is 6.52. The first-order chi connectivity index (χ1) is 11.8. The summed E-state index contributed by atoms with van der Waals surface area (Å²) >= 11 is 0. The van der Waals surface area contributed by atoms with Gasteiger partial charge in [0.1, 0.15) is 0 Å². The number of amides is 1. The predicted molar refractivity (Wildman–Crippen MR) is 88.6 cm³/mol. The number of aryl methyl sites for hydroxylation is 1. The summed E-state index contributed by atoms with van der Waals surface area (Å²) in [5, 5.41) is 7.33. The second-order valence-electron chi connectivity index (χ2n) is 6.52. The highest BCUT2D eigenvalue weighted by molar-refractivity contribution is 5.94. The zero-order valence-electron chi connectivity index (χ0n) is 13.7. The van der Waals surface area contributed by atoms with Gasteiger partial charge in [0.15, 0.2) is 5.69 Å². The van der Waals surface area contributed by atoms with E-state index in [1.165, 1.54) is 0 Å². The Morgan fingerprint density at radius 1 is 1.33 bits per heavy atom. The van der Waals surface area contributed by atoms with Gasteiger partial charge in [0.25, 0.3) is 5.91 Å². The van der Waals surface area contributed by atoms with E-state index in [0.29, 0.717) is 18.8 Å². The van der Waals surface area contributed by atoms with Gasteiger partial charge < -0.3 is 9.64 Å². The number of aromatic amines is 1. The summed E-state index contributed by atoms with van der Waals surface area (Å²) in [5.74, 6) is -0.0180. The van der Waals surface area contributed by atoms with E-state index in [2.05, 4.69) is 15.2 Å². The summed E-state index contributed by atoms with van der Waals surface area (Å²) in [5.41, 5.74) is 3.68. The molecule has 0 aromatic carbocycles. The van der Waals surface area contributed by atoms with Crippen molar-refractivity contribution in [3.63, 3.8) is 0 Å². The average Bonchev–Trinajstić information content (AvgIpc) is 3.32. The Bertz CT molecular complexity index is 707. The lowest BCUT2D eigenvalue weighted by atomic mass is 10.1. The van der Waals surface area contributed by atoms with Gasteiger partial charge >= 0.3 is 0 Å². The Kier molecular flexibility index (Phi) is 4.30. The quantitative estimate of drug-likeness (QED) is 0.913. The lowest BCUT2D eigenvalue weighted by molar-refractivity contribution is 0.0499. The molecule has 6 nitrogen and oxygen atoms in total. The number of pyridine rings is 1. The number of fused-ring (bicyclic) bond motifs is 1. The van der Waals surface area contributed by atoms with Gasteiger partial charge in [-0.2, -0.15) is 5.10 Å². The van der Waals surface area contributed by atoms with Crippen molar-refractivity contribution in [2.75, 3.05) is 13.2 Å². The van der Waals surface area contributed by atoms with Crippen molar-refractivity contribution in [3.05, 3.63) is 47.0 Å². The van der Waals surface area contributed by atoms with Gasteiger partial charge in [0.05, 0.1) is 18.3 Å². The van der Waals surface area contributed by atoms with Crippen LogP contribution in [0.2, 0.25) is 0 Å². The van der Waals surface area contributed by atoms with E-state index >= 15 is 0 Å². The van der Waals surface area contributed by atoms with Crippen molar-refractivity contribution in [2.24, 2.45) is 0 Å². The number of rotatable bonds is 5. The Morgan fingerprint density at radius 2 is 2.29 bits per heavy atom. The van der Waals surface area contributed by atoms with E-state index in [-0.39, 0.29) is 12.0 Å². The fourth-order valence-corrected chi connectivity index (χ4v) is 3.59. The van der Waals surface area contributed by atoms with Crippen molar-refractivity contribution in [2.45, 2.75) is 44.8 Å². The number of hydrogen-bond donors (Lipinski definition) is 1. The molecule has 0 radical (unpaired) electrons. The number of ether oxygens (including phenoxy) is 1. The summed E-state index contributed by atoms with van der Waals surface area (Å²) < 4.78 is 5.74. The molecular weight excluding hydrogens is 304 g/mol. The van der Waals surface area contributed by atoms with E-state index in [4.69, 9.17) is 4.74 Å². The second kappa shape index (κ2) is 6.73. The summed E-state index contributed by atoms with van der Waals surface area (Å²) in [6.45, 7) is 1.87. The third-order valence-corrected chi connectivity index (χ3v) is 4.82. The first kappa shape index (κ1) is 15.3. The highest BCUT2D eigenvalue weighted by atomic mass is 16.5. The van der Waals surface area contributed by atoms with Gasteiger partial charge in [0, 0.05) is 30.6 Å². The molecule has 1 N–H and O–H groups in total. The maximum atomic E-state index is 13.1. The van der Waals surface area contributed by atoms with E-state index in [1.54, 1.807) is 6.20 Å². The minimum atomic E-state index is -0.0180. The molecule has 0 saturated carbocycles. The molecule has 1 atom stereocenters. The molecule has 0 spiro atoms. The predicted octanol–water partition coefficient (Wildman–Crippen LogP) is 2.11. The molecular formula is C18H22N4O2. The first-order valence-corrected chi connectivity index (χ1v) is 8.68. The van der Waals surface area contributed by atoms with Crippen LogP contribution < -0.4 is 0 Å². The zero-order chi connectivity index (χ0) is 16.4. The largest absolute Gasteiger partial charge is 0.376 e. The highest BCUT2D eigenvalue weighted by Crippen LogP contribution is 2.25. The van der Waals surface area contributed by atoms with E-state index < -0.39 is 0 Å². The monoisotopic (exact) mass is 326 g/mol. The molecule has 2 aromatic rings. The van der Waals surface area contributed by atoms with E-state index in [9.17, 15) is 4.79 Å². The topological polar surface area (TPSA) is 71.1 Å². The molecule has 0 unspecified atom stereocenters. The Morgan fingerprint density at radius 3 is 3.08 bits per heavy atom. The molecule has 2 aliphatic rings. The van der Waals surface area contributed by atoms with E-state index in [1.807, 2.05) is 23.1 Å². The summed E-state index contributed by atoms with van der Waals surface area (Å²) in [7, 11) is 0. The van der Waals surface area contributed by atoms with Gasteiger partial charge in [-0.1, -0.05) is 6.07 Å². The molecule has 4 rings (SSSR count). The van der Waals surface area contributed by atoms with Crippen LogP contribution in [0.1, 0.15) is 46.7 Å². The third kappa shape index (κ3) is 3.06. The fraction of sp³-hybridized carbons (Fsp3) is 0.500. The van der Waals surface area contributed by atoms with Crippen LogP contribution in [0.3, 0.4) is 0 Å². The van der Waals surface area contributed by atoms with Crippen LogP contribution in [0.25, 0.3) is 0 Å². The average molecular weight is 326 g/mol. The SMILES string of the molecule is O=C(c1n[nH]c2c1CCC2)N(Cc1ccccn1)C[C@H]1CCCO1. The molecule has 1 fully saturated rings. The summed E-state index contributed by atoms with van der Waals surface area (Å²) in [6, 6.07) is 5.78. The van der Waals surface area contributed by atoms with Crippen LogP contribution in [0, 0.1) is 0 Å². The normalized spacial score (nSPS) is 19.4. The molecule has 126 valence electrons. The van der Waals surface area contributed by atoms with Crippen LogP contribution in [0.4, 0.5) is 0 Å². The molecule has 1 amide bonds. The number of hydrogen-bond acceptors (Lipinski definition) is 4. The van der Waals surface area contributed by atoms with Crippen LogP contribution in [0.15, 0.2) is 24.4 Å². The van der Waals surface area contributed by atoms with Gasteiger partial charge in [-0.25, -0.2) is 0 Å². The number of H-pyrrole nitrogens is 1. The summed E-state index contributed by atoms with van der Waals surface area (Å²) in [4.78, 5) is 19.3. The smallest absolute Gasteiger partial charge is 0.275 e. The minimum Gasteiger partial charge on any atom is -0.376 e. The molecule has 3 heterocycles. The van der Waals surface area contributed by atoms with Crippen LogP contribution in [-0.4, -0.2) is 45.2 Å². The molecule has 0 bridgehead atoms. The van der Waals surface area contributed by atoms with Crippen LogP contribution in [0.5, 0.6) is 0 Å². The lowest BCUT2D eigenvalue weighted by Gasteiger charge is -2.24. The Balaban J connectivity index is 1.57. The number of nitrogens with one attached hydrogen (secondary N) is 1. The third-order valence-electron chi connectivity index (χ3n) is 4.82. The Hall–Kier alpha value is -2.21. The number of carbonyl (C=O) groups excluding carboxylic acids is 1. The van der Waals surface area contributed by atoms with Crippen molar-refractivity contribution in [3.8, 4) is 0 Å². The van der Waals surface area contributed by atoms with Gasteiger partial charge in [0.2, 0.25) is 0 Å². The van der Waals surface area contributed by atoms with Crippen molar-refractivity contribution < 1.29 is 9.53 Å². The maximum Gasteiger partial charge on any atom is 0.275 e. The molecule has 24 heavy (non-hydrogen) atoms. The molecule has 1 aliphatic carbocycles. The van der Waals surface area contributed by atoms with Gasteiger partial charge in [-0.05, 0) is 44.2 Å². The van der Waals surface area contributed by atoms with Crippen LogP contribution >= 0.6 is 0 Å². The highest BCUT2D eigenvalue weighted by Gasteiger charge is 2.29. The summed E-state index contributed by atoms with van der Waals surface area (Å²) in [6.07, 6.45) is 6.96. The number of nitrogens with zero attached hydrogens (tertiary/aromatic N) is 3. The lowest BCUT2D eigenvalue weighted by Crippen LogP contribution is -2.37. The molecule has 6 heteroatoms. The van der Waals surface area contributed by atoms with Crippen molar-refractivity contribution in [1.82, 2.24) is 20.1 Å². The Labute approximate surface area is 141 Å². The molecule has 1 saturated heterocycles.